The second-order valence-corrected chi connectivity index (χ2v) is 3.75. The van der Waals surface area contributed by atoms with Crippen molar-refractivity contribution in [2.24, 2.45) is 0 Å². The van der Waals surface area contributed by atoms with Gasteiger partial charge in [0.05, 0.1) is 10.0 Å². The van der Waals surface area contributed by atoms with E-state index in [-0.39, 0.29) is 15.6 Å². The van der Waals surface area contributed by atoms with Gasteiger partial charge < -0.3 is 5.32 Å². The highest BCUT2D eigenvalue weighted by molar-refractivity contribution is 6.42. The molecule has 0 aromatic heterocycles. The zero-order chi connectivity index (χ0) is 11.6. The van der Waals surface area contributed by atoms with Gasteiger partial charge >= 0.3 is 6.18 Å². The quantitative estimate of drug-likeness (QED) is 0.850. The molecule has 0 saturated heterocycles. The molecule has 1 aromatic carbocycles. The Hall–Kier alpha value is -0.450. The fourth-order valence-corrected chi connectivity index (χ4v) is 1.52. The van der Waals surface area contributed by atoms with E-state index in [9.17, 15) is 13.2 Å². The van der Waals surface area contributed by atoms with Crippen LogP contribution in [0.2, 0.25) is 10.0 Å². The van der Waals surface area contributed by atoms with Gasteiger partial charge in [0.2, 0.25) is 0 Å². The molecule has 0 radical (unpaired) electrons. The third-order valence-corrected chi connectivity index (χ3v) is 2.63. The molecule has 0 heterocycles. The molecule has 6 heteroatoms. The Balaban J connectivity index is 3.08. The van der Waals surface area contributed by atoms with Gasteiger partial charge in [0, 0.05) is 0 Å². The number of rotatable bonds is 2. The minimum absolute atomic E-state index is 0.0411. The summed E-state index contributed by atoms with van der Waals surface area (Å²) in [6, 6.07) is 2.11. The lowest BCUT2D eigenvalue weighted by Gasteiger charge is -2.20. The highest BCUT2D eigenvalue weighted by Gasteiger charge is 2.39. The van der Waals surface area contributed by atoms with Crippen LogP contribution in [0.15, 0.2) is 18.2 Å². The molecule has 0 saturated carbocycles. The molecule has 1 nitrogen and oxygen atoms in total. The van der Waals surface area contributed by atoms with Crippen LogP contribution in [0.25, 0.3) is 0 Å². The second kappa shape index (κ2) is 4.60. The Morgan fingerprint density at radius 2 is 1.80 bits per heavy atom. The van der Waals surface area contributed by atoms with Gasteiger partial charge in [0.15, 0.2) is 0 Å². The van der Waals surface area contributed by atoms with E-state index >= 15 is 0 Å². The lowest BCUT2D eigenvalue weighted by Crippen LogP contribution is -2.31. The summed E-state index contributed by atoms with van der Waals surface area (Å²) in [6.45, 7) is 0. The summed E-state index contributed by atoms with van der Waals surface area (Å²) in [6.07, 6.45) is -4.36. The molecule has 0 fully saturated rings. The SMILES string of the molecule is CNC(c1ccc(Cl)c(Cl)c1)C(F)(F)F. The number of hydrogen-bond acceptors (Lipinski definition) is 1. The Morgan fingerprint density at radius 1 is 1.20 bits per heavy atom. The van der Waals surface area contributed by atoms with Gasteiger partial charge in [-0.2, -0.15) is 13.2 Å². The maximum absolute atomic E-state index is 12.5. The van der Waals surface area contributed by atoms with Crippen LogP contribution in [-0.2, 0) is 0 Å². The lowest BCUT2D eigenvalue weighted by atomic mass is 10.1. The smallest absolute Gasteiger partial charge is 0.306 e. The van der Waals surface area contributed by atoms with Crippen LogP contribution in [0.1, 0.15) is 11.6 Å². The highest BCUT2D eigenvalue weighted by atomic mass is 35.5. The summed E-state index contributed by atoms with van der Waals surface area (Å²) < 4.78 is 37.5. The molecule has 84 valence electrons. The first-order valence-corrected chi connectivity index (χ1v) is 4.80. The van der Waals surface area contributed by atoms with E-state index in [1.54, 1.807) is 0 Å². The predicted octanol–water partition coefficient (Wildman–Crippen LogP) is 3.82. The molecule has 1 atom stereocenters. The Bertz CT molecular complexity index is 352. The molecule has 0 aliphatic rings. The Kier molecular flexibility index (Phi) is 3.87. The van der Waals surface area contributed by atoms with E-state index < -0.39 is 12.2 Å². The Labute approximate surface area is 95.2 Å². The van der Waals surface area contributed by atoms with Crippen molar-refractivity contribution in [3.8, 4) is 0 Å². The largest absolute Gasteiger partial charge is 0.407 e. The molecule has 0 amide bonds. The summed E-state index contributed by atoms with van der Waals surface area (Å²) in [5, 5.41) is 2.52. The van der Waals surface area contributed by atoms with Crippen molar-refractivity contribution < 1.29 is 13.2 Å². The van der Waals surface area contributed by atoms with E-state index in [1.165, 1.54) is 25.2 Å². The van der Waals surface area contributed by atoms with Crippen LogP contribution < -0.4 is 5.32 Å². The van der Waals surface area contributed by atoms with Crippen LogP contribution in [-0.4, -0.2) is 13.2 Å². The standard InChI is InChI=1S/C9H8Cl2F3N/c1-15-8(9(12,13)14)5-2-3-6(10)7(11)4-5/h2-4,8,15H,1H3. The summed E-state index contributed by atoms with van der Waals surface area (Å²) in [5.74, 6) is 0. The van der Waals surface area contributed by atoms with Crippen LogP contribution >= 0.6 is 23.2 Å². The predicted molar refractivity (Wildman–Crippen MR) is 54.3 cm³/mol. The van der Waals surface area contributed by atoms with Crippen molar-refractivity contribution in [3.63, 3.8) is 0 Å². The third-order valence-electron chi connectivity index (χ3n) is 1.89. The van der Waals surface area contributed by atoms with E-state index in [0.717, 1.165) is 0 Å². The normalized spacial score (nSPS) is 14.0. The van der Waals surface area contributed by atoms with E-state index in [4.69, 9.17) is 23.2 Å². The van der Waals surface area contributed by atoms with Crippen molar-refractivity contribution >= 4 is 23.2 Å². The summed E-state index contributed by atoms with van der Waals surface area (Å²) >= 11 is 11.2. The first-order chi connectivity index (χ1) is 6.86. The van der Waals surface area contributed by atoms with Crippen LogP contribution in [0.3, 0.4) is 0 Å². The molecule has 0 bridgehead atoms. The van der Waals surface area contributed by atoms with Crippen molar-refractivity contribution in [2.45, 2.75) is 12.2 Å². The van der Waals surface area contributed by atoms with Gasteiger partial charge in [0.1, 0.15) is 6.04 Å². The van der Waals surface area contributed by atoms with Gasteiger partial charge in [-0.25, -0.2) is 0 Å². The van der Waals surface area contributed by atoms with Crippen LogP contribution in [0.5, 0.6) is 0 Å². The molecule has 0 aliphatic heterocycles. The average molecular weight is 258 g/mol. The number of nitrogens with one attached hydrogen (secondary N) is 1. The molecule has 1 unspecified atom stereocenters. The van der Waals surface area contributed by atoms with Gasteiger partial charge in [0.25, 0.3) is 0 Å². The fraction of sp³-hybridized carbons (Fsp3) is 0.333. The Morgan fingerprint density at radius 3 is 2.20 bits per heavy atom. The minimum Gasteiger partial charge on any atom is -0.306 e. The fourth-order valence-electron chi connectivity index (χ4n) is 1.21. The zero-order valence-corrected chi connectivity index (χ0v) is 9.21. The molecule has 1 rings (SSSR count). The monoisotopic (exact) mass is 257 g/mol. The molecular formula is C9H8Cl2F3N. The molecular weight excluding hydrogens is 250 g/mol. The van der Waals surface area contributed by atoms with Gasteiger partial charge in [-0.3, -0.25) is 0 Å². The van der Waals surface area contributed by atoms with Crippen LogP contribution in [0, 0.1) is 0 Å². The van der Waals surface area contributed by atoms with Crippen molar-refractivity contribution in [3.05, 3.63) is 33.8 Å². The number of hydrogen-bond donors (Lipinski definition) is 1. The van der Waals surface area contributed by atoms with Crippen molar-refractivity contribution in [1.29, 1.82) is 0 Å². The topological polar surface area (TPSA) is 12.0 Å². The number of alkyl halides is 3. The third kappa shape index (κ3) is 3.00. The highest BCUT2D eigenvalue weighted by Crippen LogP contribution is 2.34. The second-order valence-electron chi connectivity index (χ2n) is 2.94. The van der Waals surface area contributed by atoms with Crippen molar-refractivity contribution in [1.82, 2.24) is 5.32 Å². The number of benzene rings is 1. The first-order valence-electron chi connectivity index (χ1n) is 4.05. The van der Waals surface area contributed by atoms with Crippen molar-refractivity contribution in [2.75, 3.05) is 7.05 Å². The minimum atomic E-state index is -4.36. The zero-order valence-electron chi connectivity index (χ0n) is 7.70. The number of halogens is 5. The summed E-state index contributed by atoms with van der Waals surface area (Å²) in [4.78, 5) is 0. The molecule has 1 aromatic rings. The van der Waals surface area contributed by atoms with Gasteiger partial charge in [-0.1, -0.05) is 29.3 Å². The lowest BCUT2D eigenvalue weighted by molar-refractivity contribution is -0.156. The van der Waals surface area contributed by atoms with E-state index in [1.807, 2.05) is 0 Å². The van der Waals surface area contributed by atoms with Gasteiger partial charge in [-0.05, 0) is 24.7 Å². The van der Waals surface area contributed by atoms with Crippen LogP contribution in [0.4, 0.5) is 13.2 Å². The molecule has 15 heavy (non-hydrogen) atoms. The molecule has 0 aliphatic carbocycles. The average Bonchev–Trinajstić information content (AvgIpc) is 2.10. The maximum atomic E-state index is 12.5. The van der Waals surface area contributed by atoms with Gasteiger partial charge in [-0.15, -0.1) is 0 Å². The van der Waals surface area contributed by atoms with E-state index in [2.05, 4.69) is 5.32 Å². The summed E-state index contributed by atoms with van der Waals surface area (Å²) in [5.41, 5.74) is 0.0411. The molecule has 0 spiro atoms. The maximum Gasteiger partial charge on any atom is 0.407 e. The molecule has 1 N–H and O–H groups in total. The summed E-state index contributed by atoms with van der Waals surface area (Å²) in [7, 11) is 1.24. The van der Waals surface area contributed by atoms with E-state index in [0.29, 0.717) is 0 Å². The first kappa shape index (κ1) is 12.6.